The largest absolute Gasteiger partial charge is 0.481 e. The van der Waals surface area contributed by atoms with Gasteiger partial charge in [-0.25, -0.2) is 0 Å². The van der Waals surface area contributed by atoms with Gasteiger partial charge in [0.2, 0.25) is 0 Å². The SMILES string of the molecule is CC1CCN(c2ccc([C@H](C)NC(=O)[C@H](C)Oc3ccccc3C(C)C)cc2)CC1. The number of anilines is 1. The van der Waals surface area contributed by atoms with E-state index in [4.69, 9.17) is 4.74 Å². The zero-order valence-corrected chi connectivity index (χ0v) is 19.0. The van der Waals surface area contributed by atoms with Gasteiger partial charge in [0.1, 0.15) is 5.75 Å². The summed E-state index contributed by atoms with van der Waals surface area (Å²) in [6.07, 6.45) is 1.96. The molecule has 1 fully saturated rings. The maximum atomic E-state index is 12.7. The van der Waals surface area contributed by atoms with Crippen LogP contribution in [0.2, 0.25) is 0 Å². The van der Waals surface area contributed by atoms with Crippen molar-refractivity contribution in [2.75, 3.05) is 18.0 Å². The standard InChI is InChI=1S/C26H36N2O2/c1-18(2)24-8-6-7-9-25(24)30-21(5)26(29)27-20(4)22-10-12-23(13-11-22)28-16-14-19(3)15-17-28/h6-13,18-21H,14-17H2,1-5H3,(H,27,29)/t20-,21-/m0/s1. The molecule has 0 saturated carbocycles. The summed E-state index contributed by atoms with van der Waals surface area (Å²) >= 11 is 0. The third-order valence-corrected chi connectivity index (χ3v) is 6.11. The number of rotatable bonds is 7. The van der Waals surface area contributed by atoms with Crippen molar-refractivity contribution >= 4 is 11.6 Å². The number of carbonyl (C=O) groups is 1. The highest BCUT2D eigenvalue weighted by Gasteiger charge is 2.20. The monoisotopic (exact) mass is 408 g/mol. The van der Waals surface area contributed by atoms with Crippen LogP contribution in [0, 0.1) is 5.92 Å². The molecule has 0 radical (unpaired) electrons. The lowest BCUT2D eigenvalue weighted by molar-refractivity contribution is -0.127. The minimum absolute atomic E-state index is 0.0701. The highest BCUT2D eigenvalue weighted by Crippen LogP contribution is 2.27. The van der Waals surface area contributed by atoms with Gasteiger partial charge in [0.15, 0.2) is 6.10 Å². The van der Waals surface area contributed by atoms with Crippen molar-refractivity contribution in [3.8, 4) is 5.75 Å². The number of nitrogens with one attached hydrogen (secondary N) is 1. The van der Waals surface area contributed by atoms with Crippen molar-refractivity contribution in [2.24, 2.45) is 5.92 Å². The Kier molecular flexibility index (Phi) is 7.41. The Hall–Kier alpha value is -2.49. The van der Waals surface area contributed by atoms with E-state index in [9.17, 15) is 4.79 Å². The third-order valence-electron chi connectivity index (χ3n) is 6.11. The zero-order chi connectivity index (χ0) is 21.7. The predicted molar refractivity (Wildman–Crippen MR) is 124 cm³/mol. The van der Waals surface area contributed by atoms with E-state index in [0.29, 0.717) is 5.92 Å². The lowest BCUT2D eigenvalue weighted by atomic mass is 9.98. The lowest BCUT2D eigenvalue weighted by Crippen LogP contribution is -2.38. The molecule has 1 N–H and O–H groups in total. The molecule has 4 nitrogen and oxygen atoms in total. The molecule has 2 aromatic carbocycles. The average Bonchev–Trinajstić information content (AvgIpc) is 2.74. The third kappa shape index (κ3) is 5.56. The van der Waals surface area contributed by atoms with Crippen molar-refractivity contribution < 1.29 is 9.53 Å². The van der Waals surface area contributed by atoms with Crippen LogP contribution in [0.5, 0.6) is 5.75 Å². The van der Waals surface area contributed by atoms with Gasteiger partial charge in [-0.2, -0.15) is 0 Å². The van der Waals surface area contributed by atoms with Gasteiger partial charge < -0.3 is 15.0 Å². The Balaban J connectivity index is 1.57. The van der Waals surface area contributed by atoms with E-state index in [1.54, 1.807) is 6.92 Å². The van der Waals surface area contributed by atoms with Crippen LogP contribution in [0.25, 0.3) is 0 Å². The summed E-state index contributed by atoms with van der Waals surface area (Å²) < 4.78 is 5.99. The maximum absolute atomic E-state index is 12.7. The van der Waals surface area contributed by atoms with Crippen LogP contribution < -0.4 is 15.0 Å². The number of carbonyl (C=O) groups excluding carboxylic acids is 1. The molecule has 4 heteroatoms. The number of hydrogen-bond donors (Lipinski definition) is 1. The number of para-hydroxylation sites is 1. The highest BCUT2D eigenvalue weighted by atomic mass is 16.5. The number of nitrogens with zero attached hydrogens (tertiary/aromatic N) is 1. The van der Waals surface area contributed by atoms with E-state index in [-0.39, 0.29) is 11.9 Å². The number of ether oxygens (including phenoxy) is 1. The smallest absolute Gasteiger partial charge is 0.261 e. The van der Waals surface area contributed by atoms with Gasteiger partial charge in [0.05, 0.1) is 6.04 Å². The molecule has 1 amide bonds. The molecule has 1 saturated heterocycles. The van der Waals surface area contributed by atoms with Crippen LogP contribution in [0.3, 0.4) is 0 Å². The van der Waals surface area contributed by atoms with Crippen molar-refractivity contribution in [2.45, 2.75) is 65.5 Å². The van der Waals surface area contributed by atoms with E-state index in [2.05, 4.69) is 61.3 Å². The van der Waals surface area contributed by atoms with E-state index in [1.165, 1.54) is 18.5 Å². The minimum Gasteiger partial charge on any atom is -0.481 e. The Bertz CT molecular complexity index is 823. The van der Waals surface area contributed by atoms with Crippen LogP contribution in [-0.2, 0) is 4.79 Å². The summed E-state index contributed by atoms with van der Waals surface area (Å²) in [5.41, 5.74) is 3.49. The quantitative estimate of drug-likeness (QED) is 0.640. The molecule has 0 bridgehead atoms. The van der Waals surface area contributed by atoms with Crippen molar-refractivity contribution in [3.05, 3.63) is 59.7 Å². The second-order valence-corrected chi connectivity index (χ2v) is 8.94. The van der Waals surface area contributed by atoms with Crippen molar-refractivity contribution in [1.82, 2.24) is 5.32 Å². The molecule has 3 rings (SSSR count). The van der Waals surface area contributed by atoms with Crippen LogP contribution in [0.4, 0.5) is 5.69 Å². The van der Waals surface area contributed by atoms with Crippen LogP contribution >= 0.6 is 0 Å². The first-order valence-electron chi connectivity index (χ1n) is 11.3. The summed E-state index contributed by atoms with van der Waals surface area (Å²) in [7, 11) is 0. The molecule has 0 spiro atoms. The minimum atomic E-state index is -0.554. The normalized spacial score (nSPS) is 16.9. The Morgan fingerprint density at radius 3 is 2.27 bits per heavy atom. The molecule has 2 atom stereocenters. The summed E-state index contributed by atoms with van der Waals surface area (Å²) in [5.74, 6) is 1.85. The molecule has 1 heterocycles. The first-order valence-corrected chi connectivity index (χ1v) is 11.3. The summed E-state index contributed by atoms with van der Waals surface area (Å²) in [6.45, 7) is 12.7. The zero-order valence-electron chi connectivity index (χ0n) is 19.0. The first kappa shape index (κ1) is 22.2. The Morgan fingerprint density at radius 2 is 1.63 bits per heavy atom. The van der Waals surface area contributed by atoms with Gasteiger partial charge >= 0.3 is 0 Å². The van der Waals surface area contributed by atoms with Gasteiger partial charge in [0, 0.05) is 18.8 Å². The molecule has 162 valence electrons. The van der Waals surface area contributed by atoms with Crippen molar-refractivity contribution in [1.29, 1.82) is 0 Å². The number of hydrogen-bond acceptors (Lipinski definition) is 3. The molecule has 0 unspecified atom stereocenters. The fourth-order valence-corrected chi connectivity index (χ4v) is 3.96. The number of benzene rings is 2. The second kappa shape index (κ2) is 10.0. The molecular weight excluding hydrogens is 372 g/mol. The fourth-order valence-electron chi connectivity index (χ4n) is 3.96. The van der Waals surface area contributed by atoms with Crippen LogP contribution in [0.15, 0.2) is 48.5 Å². The lowest BCUT2D eigenvalue weighted by Gasteiger charge is -2.32. The molecule has 1 aliphatic heterocycles. The van der Waals surface area contributed by atoms with Crippen LogP contribution in [-0.4, -0.2) is 25.1 Å². The molecule has 1 aliphatic rings. The van der Waals surface area contributed by atoms with E-state index < -0.39 is 6.10 Å². The summed E-state index contributed by atoms with van der Waals surface area (Å²) in [5, 5.41) is 3.09. The van der Waals surface area contributed by atoms with Gasteiger partial charge in [-0.3, -0.25) is 4.79 Å². The first-order chi connectivity index (χ1) is 14.3. The fraction of sp³-hybridized carbons (Fsp3) is 0.500. The van der Waals surface area contributed by atoms with Crippen LogP contribution in [0.1, 0.15) is 70.5 Å². The van der Waals surface area contributed by atoms with E-state index >= 15 is 0 Å². The Morgan fingerprint density at radius 1 is 1.00 bits per heavy atom. The Labute approximate surface area is 181 Å². The average molecular weight is 409 g/mol. The molecule has 0 aromatic heterocycles. The molecular formula is C26H36N2O2. The van der Waals surface area contributed by atoms with Gasteiger partial charge in [-0.05, 0) is 67.9 Å². The highest BCUT2D eigenvalue weighted by molar-refractivity contribution is 5.81. The summed E-state index contributed by atoms with van der Waals surface area (Å²) in [6, 6.07) is 16.5. The maximum Gasteiger partial charge on any atom is 0.261 e. The van der Waals surface area contributed by atoms with E-state index in [1.807, 2.05) is 25.1 Å². The molecule has 0 aliphatic carbocycles. The number of piperidine rings is 1. The van der Waals surface area contributed by atoms with Crippen molar-refractivity contribution in [3.63, 3.8) is 0 Å². The summed E-state index contributed by atoms with van der Waals surface area (Å²) in [4.78, 5) is 15.2. The molecule has 2 aromatic rings. The van der Waals surface area contributed by atoms with Gasteiger partial charge in [0.25, 0.3) is 5.91 Å². The van der Waals surface area contributed by atoms with Gasteiger partial charge in [-0.1, -0.05) is 51.1 Å². The molecule has 30 heavy (non-hydrogen) atoms. The second-order valence-electron chi connectivity index (χ2n) is 8.94. The predicted octanol–water partition coefficient (Wildman–Crippen LogP) is 5.69. The number of amides is 1. The topological polar surface area (TPSA) is 41.6 Å². The van der Waals surface area contributed by atoms with Gasteiger partial charge in [-0.15, -0.1) is 0 Å². The van der Waals surface area contributed by atoms with E-state index in [0.717, 1.165) is 35.9 Å².